The molecule has 118 valence electrons. The largest absolute Gasteiger partial charge is 0.494 e. The molecule has 0 unspecified atom stereocenters. The van der Waals surface area contributed by atoms with Gasteiger partial charge in [-0.3, -0.25) is 4.79 Å². The molecule has 22 heavy (non-hydrogen) atoms. The molecule has 0 aliphatic carbocycles. The van der Waals surface area contributed by atoms with Crippen LogP contribution in [0.5, 0.6) is 5.75 Å². The normalized spacial score (nSPS) is 10.5. The predicted octanol–water partition coefficient (Wildman–Crippen LogP) is 3.80. The molecule has 1 aromatic carbocycles. The van der Waals surface area contributed by atoms with Crippen LogP contribution < -0.4 is 4.74 Å². The standard InChI is InChI=1S/C17H20FNO2S/c1-12-8-9-22-16(12)11-19(2)17(20)7-5-13-4-6-15(21-3)14(18)10-13/h4,6,8-10H,5,7,11H2,1-3H3. The molecular formula is C17H20FNO2S. The summed E-state index contributed by atoms with van der Waals surface area (Å²) in [7, 11) is 3.24. The SMILES string of the molecule is COc1ccc(CCC(=O)N(C)Cc2sccc2C)cc1F. The van der Waals surface area contributed by atoms with Gasteiger partial charge in [-0.2, -0.15) is 0 Å². The van der Waals surface area contributed by atoms with Crippen LogP contribution in [-0.2, 0) is 17.8 Å². The molecular weight excluding hydrogens is 301 g/mol. The molecule has 0 radical (unpaired) electrons. The summed E-state index contributed by atoms with van der Waals surface area (Å²) in [6.07, 6.45) is 0.889. The minimum atomic E-state index is -0.394. The van der Waals surface area contributed by atoms with Crippen LogP contribution in [0.15, 0.2) is 29.6 Å². The Hall–Kier alpha value is -1.88. The molecule has 0 spiro atoms. The average Bonchev–Trinajstić information content (AvgIpc) is 2.90. The minimum Gasteiger partial charge on any atom is -0.494 e. The zero-order valence-electron chi connectivity index (χ0n) is 13.1. The summed E-state index contributed by atoms with van der Waals surface area (Å²) in [6, 6.07) is 6.86. The first-order valence-corrected chi connectivity index (χ1v) is 7.98. The Morgan fingerprint density at radius 3 is 2.73 bits per heavy atom. The number of thiophene rings is 1. The highest BCUT2D eigenvalue weighted by Gasteiger charge is 2.12. The van der Waals surface area contributed by atoms with E-state index in [1.807, 2.05) is 12.3 Å². The summed E-state index contributed by atoms with van der Waals surface area (Å²) in [4.78, 5) is 15.1. The number of carbonyl (C=O) groups excluding carboxylic acids is 1. The van der Waals surface area contributed by atoms with Crippen molar-refractivity contribution in [2.24, 2.45) is 0 Å². The summed E-state index contributed by atoms with van der Waals surface area (Å²) >= 11 is 1.66. The lowest BCUT2D eigenvalue weighted by atomic mass is 10.1. The van der Waals surface area contributed by atoms with E-state index < -0.39 is 5.82 Å². The molecule has 2 rings (SSSR count). The lowest BCUT2D eigenvalue weighted by molar-refractivity contribution is -0.130. The summed E-state index contributed by atoms with van der Waals surface area (Å²) in [5.74, 6) is -0.112. The van der Waals surface area contributed by atoms with Gasteiger partial charge in [-0.15, -0.1) is 11.3 Å². The van der Waals surface area contributed by atoms with E-state index in [2.05, 4.69) is 6.07 Å². The third-order valence-corrected chi connectivity index (χ3v) is 4.63. The number of hydrogen-bond acceptors (Lipinski definition) is 3. The highest BCUT2D eigenvalue weighted by atomic mass is 32.1. The van der Waals surface area contributed by atoms with Gasteiger partial charge in [0.15, 0.2) is 11.6 Å². The van der Waals surface area contributed by atoms with Crippen LogP contribution in [-0.4, -0.2) is 25.0 Å². The van der Waals surface area contributed by atoms with Gasteiger partial charge in [0.05, 0.1) is 13.7 Å². The second kappa shape index (κ2) is 7.40. The summed E-state index contributed by atoms with van der Waals surface area (Å²) in [5, 5.41) is 2.03. The molecule has 2 aromatic rings. The number of nitrogens with zero attached hydrogens (tertiary/aromatic N) is 1. The second-order valence-electron chi connectivity index (χ2n) is 5.25. The van der Waals surface area contributed by atoms with Gasteiger partial charge in [-0.25, -0.2) is 4.39 Å². The van der Waals surface area contributed by atoms with Crippen molar-refractivity contribution in [3.05, 3.63) is 51.5 Å². The third kappa shape index (κ3) is 4.07. The molecule has 0 saturated heterocycles. The monoisotopic (exact) mass is 321 g/mol. The summed E-state index contributed by atoms with van der Waals surface area (Å²) in [5.41, 5.74) is 2.01. The lowest BCUT2D eigenvalue weighted by Crippen LogP contribution is -2.26. The van der Waals surface area contributed by atoms with Gasteiger partial charge >= 0.3 is 0 Å². The highest BCUT2D eigenvalue weighted by molar-refractivity contribution is 7.10. The van der Waals surface area contributed by atoms with E-state index in [4.69, 9.17) is 4.74 Å². The molecule has 0 aliphatic rings. The molecule has 1 heterocycles. The maximum absolute atomic E-state index is 13.6. The molecule has 0 aliphatic heterocycles. The molecule has 0 bridgehead atoms. The minimum absolute atomic E-state index is 0.0593. The van der Waals surface area contributed by atoms with Gasteiger partial charge in [-0.05, 0) is 48.1 Å². The van der Waals surface area contributed by atoms with Crippen molar-refractivity contribution in [1.82, 2.24) is 4.90 Å². The number of halogens is 1. The lowest BCUT2D eigenvalue weighted by Gasteiger charge is -2.17. The first kappa shape index (κ1) is 16.5. The van der Waals surface area contributed by atoms with E-state index in [0.29, 0.717) is 19.4 Å². The Morgan fingerprint density at radius 2 is 2.14 bits per heavy atom. The zero-order chi connectivity index (χ0) is 16.1. The maximum atomic E-state index is 13.6. The molecule has 0 N–H and O–H groups in total. The fraction of sp³-hybridized carbons (Fsp3) is 0.353. The van der Waals surface area contributed by atoms with E-state index in [-0.39, 0.29) is 11.7 Å². The van der Waals surface area contributed by atoms with Gasteiger partial charge in [0.1, 0.15) is 0 Å². The number of methoxy groups -OCH3 is 1. The van der Waals surface area contributed by atoms with Crippen molar-refractivity contribution >= 4 is 17.2 Å². The van der Waals surface area contributed by atoms with Crippen molar-refractivity contribution in [3.63, 3.8) is 0 Å². The van der Waals surface area contributed by atoms with E-state index >= 15 is 0 Å². The Labute approximate surface area is 134 Å². The van der Waals surface area contributed by atoms with Crippen LogP contribution in [0.1, 0.15) is 22.4 Å². The zero-order valence-corrected chi connectivity index (χ0v) is 13.9. The Morgan fingerprint density at radius 1 is 1.36 bits per heavy atom. The van der Waals surface area contributed by atoms with Crippen molar-refractivity contribution in [2.75, 3.05) is 14.2 Å². The molecule has 0 fully saturated rings. The number of benzene rings is 1. The fourth-order valence-electron chi connectivity index (χ4n) is 2.18. The fourth-order valence-corrected chi connectivity index (χ4v) is 3.14. The molecule has 3 nitrogen and oxygen atoms in total. The van der Waals surface area contributed by atoms with Gasteiger partial charge in [0, 0.05) is 18.3 Å². The quantitative estimate of drug-likeness (QED) is 0.810. The van der Waals surface area contributed by atoms with Crippen molar-refractivity contribution in [2.45, 2.75) is 26.3 Å². The molecule has 0 atom stereocenters. The van der Waals surface area contributed by atoms with E-state index in [1.165, 1.54) is 23.6 Å². The Balaban J connectivity index is 1.89. The molecule has 5 heteroatoms. The number of carbonyl (C=O) groups is 1. The van der Waals surface area contributed by atoms with E-state index in [0.717, 1.165) is 5.56 Å². The number of ether oxygens (including phenoxy) is 1. The number of amides is 1. The average molecular weight is 321 g/mol. The van der Waals surface area contributed by atoms with Crippen molar-refractivity contribution in [3.8, 4) is 5.75 Å². The van der Waals surface area contributed by atoms with Crippen LogP contribution >= 0.6 is 11.3 Å². The molecule has 1 aromatic heterocycles. The van der Waals surface area contributed by atoms with Gasteiger partial charge in [0.2, 0.25) is 5.91 Å². The van der Waals surface area contributed by atoms with E-state index in [9.17, 15) is 9.18 Å². The van der Waals surface area contributed by atoms with Crippen LogP contribution in [0.2, 0.25) is 0 Å². The van der Waals surface area contributed by atoms with Crippen molar-refractivity contribution in [1.29, 1.82) is 0 Å². The number of aryl methyl sites for hydroxylation is 2. The van der Waals surface area contributed by atoms with Crippen LogP contribution in [0.4, 0.5) is 4.39 Å². The maximum Gasteiger partial charge on any atom is 0.222 e. The van der Waals surface area contributed by atoms with Crippen LogP contribution in [0.3, 0.4) is 0 Å². The van der Waals surface area contributed by atoms with Gasteiger partial charge in [-0.1, -0.05) is 6.07 Å². The smallest absolute Gasteiger partial charge is 0.222 e. The van der Waals surface area contributed by atoms with Gasteiger partial charge in [0.25, 0.3) is 0 Å². The highest BCUT2D eigenvalue weighted by Crippen LogP contribution is 2.20. The first-order valence-electron chi connectivity index (χ1n) is 7.10. The van der Waals surface area contributed by atoms with Crippen LogP contribution in [0, 0.1) is 12.7 Å². The summed E-state index contributed by atoms with van der Waals surface area (Å²) in [6.45, 7) is 2.67. The number of hydrogen-bond donors (Lipinski definition) is 0. The topological polar surface area (TPSA) is 29.5 Å². The predicted molar refractivity (Wildman–Crippen MR) is 86.8 cm³/mol. The third-order valence-electron chi connectivity index (χ3n) is 3.62. The summed E-state index contributed by atoms with van der Waals surface area (Å²) < 4.78 is 18.5. The Kier molecular flexibility index (Phi) is 5.55. The first-order chi connectivity index (χ1) is 10.5. The Bertz CT molecular complexity index is 654. The second-order valence-corrected chi connectivity index (χ2v) is 6.25. The van der Waals surface area contributed by atoms with Crippen LogP contribution in [0.25, 0.3) is 0 Å². The number of rotatable bonds is 6. The molecule has 1 amide bonds. The van der Waals surface area contributed by atoms with Crippen molar-refractivity contribution < 1.29 is 13.9 Å². The van der Waals surface area contributed by atoms with E-state index in [1.54, 1.807) is 35.4 Å². The van der Waals surface area contributed by atoms with Gasteiger partial charge < -0.3 is 9.64 Å². The molecule has 0 saturated carbocycles.